The van der Waals surface area contributed by atoms with Crippen LogP contribution in [-0.4, -0.2) is 118 Å². The van der Waals surface area contributed by atoms with Crippen molar-refractivity contribution in [2.24, 2.45) is 23.7 Å². The number of nitrogens with zero attached hydrogens (tertiary/aromatic N) is 1. The number of ether oxygens (including phenoxy) is 4. The maximum atomic E-state index is 13.6. The van der Waals surface area contributed by atoms with E-state index < -0.39 is 83.7 Å². The van der Waals surface area contributed by atoms with E-state index in [0.29, 0.717) is 12.8 Å². The van der Waals surface area contributed by atoms with Gasteiger partial charge in [0.1, 0.15) is 23.6 Å². The number of cyclic esters (lactones) is 1. The second kappa shape index (κ2) is 14.4. The van der Waals surface area contributed by atoms with Crippen LogP contribution in [-0.2, 0) is 33.3 Å². The van der Waals surface area contributed by atoms with Gasteiger partial charge < -0.3 is 44.3 Å². The molecule has 1 amide bonds. The van der Waals surface area contributed by atoms with Gasteiger partial charge in [0.05, 0.1) is 42.0 Å². The number of aliphatic hydroxyl groups excluding tert-OH is 3. The van der Waals surface area contributed by atoms with Crippen LogP contribution in [0.1, 0.15) is 74.7 Å². The Morgan fingerprint density at radius 3 is 2.17 bits per heavy atom. The normalized spacial score (nSPS) is 46.4. The minimum atomic E-state index is -1.94. The van der Waals surface area contributed by atoms with E-state index in [9.17, 15) is 34.8 Å². The van der Waals surface area contributed by atoms with Gasteiger partial charge in [0.2, 0.25) is 6.41 Å². The van der Waals surface area contributed by atoms with Crippen LogP contribution in [0.25, 0.3) is 0 Å². The zero-order chi connectivity index (χ0) is 32.3. The van der Waals surface area contributed by atoms with Crippen LogP contribution in [0.5, 0.6) is 0 Å². The molecule has 12 nitrogen and oxygen atoms in total. The Balaban J connectivity index is 2.61. The van der Waals surface area contributed by atoms with Gasteiger partial charge in [-0.3, -0.25) is 14.4 Å². The number of likely N-dealkylation sites (N-methyl/N-ethyl adjacent to an activating group) is 1. The van der Waals surface area contributed by atoms with Crippen molar-refractivity contribution in [1.29, 1.82) is 0 Å². The summed E-state index contributed by atoms with van der Waals surface area (Å²) in [5.41, 5.74) is -3.20. The van der Waals surface area contributed by atoms with Crippen molar-refractivity contribution in [2.45, 2.75) is 135 Å². The topological polar surface area (TPSA) is 172 Å². The van der Waals surface area contributed by atoms with Gasteiger partial charge in [0.25, 0.3) is 0 Å². The standard InChI is InChI=1S/C30H53NO11/c1-11-21-30(8,38)25(36)17(4)22(33)15(2)13-29(7,39-10)26(18(5)23(34)19(6)27(37)41-21)42-28-24(35)20(31(9)14-32)12-16(3)40-28/h14-21,23-26,28,34-36,38H,11-13H2,1-10H3/t15-,16-,17+,18+,19-,20+,21?,23+,24-,25-,26-,28+,29-,30-/m1/s1. The van der Waals surface area contributed by atoms with Crippen molar-refractivity contribution in [1.82, 2.24) is 4.90 Å². The number of methoxy groups -OCH3 is 1. The van der Waals surface area contributed by atoms with Crippen molar-refractivity contribution in [3.63, 3.8) is 0 Å². The molecule has 0 radical (unpaired) electrons. The van der Waals surface area contributed by atoms with Gasteiger partial charge in [0, 0.05) is 31.9 Å². The summed E-state index contributed by atoms with van der Waals surface area (Å²) in [6.07, 6.45) is -6.67. The Bertz CT molecular complexity index is 931. The van der Waals surface area contributed by atoms with Gasteiger partial charge in [-0.25, -0.2) is 0 Å². The first-order chi connectivity index (χ1) is 19.4. The molecule has 244 valence electrons. The monoisotopic (exact) mass is 603 g/mol. The molecule has 0 bridgehead atoms. The number of Topliss-reactive ketones (excluding diaryl/α,β-unsaturated/α-hetero) is 1. The molecular weight excluding hydrogens is 550 g/mol. The van der Waals surface area contributed by atoms with Crippen LogP contribution in [0.2, 0.25) is 0 Å². The van der Waals surface area contributed by atoms with E-state index in [1.165, 1.54) is 32.8 Å². The molecule has 2 heterocycles. The molecule has 0 saturated carbocycles. The first kappa shape index (κ1) is 36.5. The van der Waals surface area contributed by atoms with Gasteiger partial charge in [-0.15, -0.1) is 0 Å². The smallest absolute Gasteiger partial charge is 0.311 e. The molecule has 2 saturated heterocycles. The first-order valence-corrected chi connectivity index (χ1v) is 14.9. The summed E-state index contributed by atoms with van der Waals surface area (Å²) in [5, 5.41) is 45.0. The molecule has 42 heavy (non-hydrogen) atoms. The van der Waals surface area contributed by atoms with E-state index in [1.807, 2.05) is 0 Å². The van der Waals surface area contributed by atoms with E-state index in [1.54, 1.807) is 41.7 Å². The van der Waals surface area contributed by atoms with Crippen LogP contribution < -0.4 is 0 Å². The molecule has 0 aliphatic carbocycles. The highest BCUT2D eigenvalue weighted by molar-refractivity contribution is 5.83. The van der Waals surface area contributed by atoms with E-state index in [0.717, 1.165) is 0 Å². The van der Waals surface area contributed by atoms with Crippen LogP contribution >= 0.6 is 0 Å². The third kappa shape index (κ3) is 7.51. The van der Waals surface area contributed by atoms with Gasteiger partial charge in [-0.1, -0.05) is 27.7 Å². The molecule has 0 aromatic carbocycles. The fourth-order valence-electron chi connectivity index (χ4n) is 6.55. The molecule has 4 N–H and O–H groups in total. The van der Waals surface area contributed by atoms with Gasteiger partial charge in [0.15, 0.2) is 6.29 Å². The van der Waals surface area contributed by atoms with Gasteiger partial charge >= 0.3 is 5.97 Å². The van der Waals surface area contributed by atoms with Crippen molar-refractivity contribution in [2.75, 3.05) is 14.2 Å². The zero-order valence-corrected chi connectivity index (χ0v) is 26.7. The molecule has 0 spiro atoms. The fourth-order valence-corrected chi connectivity index (χ4v) is 6.55. The Kier molecular flexibility index (Phi) is 12.5. The van der Waals surface area contributed by atoms with Crippen LogP contribution in [0.3, 0.4) is 0 Å². The molecule has 1 unspecified atom stereocenters. The summed E-state index contributed by atoms with van der Waals surface area (Å²) in [4.78, 5) is 39.7. The second-order valence-electron chi connectivity index (χ2n) is 12.9. The molecule has 14 atom stereocenters. The lowest BCUT2D eigenvalue weighted by Gasteiger charge is -2.48. The Morgan fingerprint density at radius 1 is 1.05 bits per heavy atom. The summed E-state index contributed by atoms with van der Waals surface area (Å²) >= 11 is 0. The lowest BCUT2D eigenvalue weighted by molar-refractivity contribution is -0.300. The zero-order valence-electron chi connectivity index (χ0n) is 26.7. The largest absolute Gasteiger partial charge is 0.459 e. The highest BCUT2D eigenvalue weighted by Crippen LogP contribution is 2.39. The van der Waals surface area contributed by atoms with Crippen molar-refractivity contribution in [3.8, 4) is 0 Å². The maximum Gasteiger partial charge on any atom is 0.311 e. The number of rotatable bonds is 6. The highest BCUT2D eigenvalue weighted by Gasteiger charge is 2.52. The molecular formula is C30H53NO11. The number of carbonyl (C=O) groups excluding carboxylic acids is 3. The number of ketones is 1. The highest BCUT2D eigenvalue weighted by atomic mass is 16.7. The molecule has 0 aromatic rings. The number of hydrogen-bond donors (Lipinski definition) is 4. The van der Waals surface area contributed by atoms with Crippen LogP contribution in [0, 0.1) is 23.7 Å². The minimum absolute atomic E-state index is 0.0787. The summed E-state index contributed by atoms with van der Waals surface area (Å²) in [6, 6.07) is -0.598. The van der Waals surface area contributed by atoms with Crippen molar-refractivity contribution in [3.05, 3.63) is 0 Å². The SMILES string of the molecule is CCC1OC(=O)[C@H](C)[C@@H](O)[C@H](C)[C@@H](O[C@@H]2O[C@H](C)C[C@H](N(C)C=O)[C@H]2O)[C@](C)(OC)C[C@@H](C)C(=O)[C@H](C)[C@@H](O)[C@]1(C)O. The van der Waals surface area contributed by atoms with Crippen molar-refractivity contribution >= 4 is 18.2 Å². The van der Waals surface area contributed by atoms with Crippen LogP contribution in [0.4, 0.5) is 0 Å². The third-order valence-corrected chi connectivity index (χ3v) is 9.55. The van der Waals surface area contributed by atoms with Gasteiger partial charge in [-0.05, 0) is 47.0 Å². The molecule has 12 heteroatoms. The van der Waals surface area contributed by atoms with E-state index >= 15 is 0 Å². The summed E-state index contributed by atoms with van der Waals surface area (Å²) < 4.78 is 24.0. The lowest BCUT2D eigenvalue weighted by atomic mass is 9.74. The van der Waals surface area contributed by atoms with E-state index in [-0.39, 0.29) is 24.7 Å². The number of esters is 1. The van der Waals surface area contributed by atoms with Crippen LogP contribution in [0.15, 0.2) is 0 Å². The van der Waals surface area contributed by atoms with Crippen molar-refractivity contribution < 1.29 is 53.8 Å². The number of amides is 1. The second-order valence-corrected chi connectivity index (χ2v) is 12.9. The summed E-state index contributed by atoms with van der Waals surface area (Å²) in [6.45, 7) is 12.9. The Morgan fingerprint density at radius 2 is 1.64 bits per heavy atom. The predicted octanol–water partition coefficient (Wildman–Crippen LogP) is 1.04. The first-order valence-electron chi connectivity index (χ1n) is 14.9. The third-order valence-electron chi connectivity index (χ3n) is 9.55. The summed E-state index contributed by atoms with van der Waals surface area (Å²) in [7, 11) is 2.99. The Hall–Kier alpha value is -1.67. The minimum Gasteiger partial charge on any atom is -0.459 e. The number of hydrogen-bond acceptors (Lipinski definition) is 11. The quantitative estimate of drug-likeness (QED) is 0.252. The van der Waals surface area contributed by atoms with E-state index in [4.69, 9.17) is 18.9 Å². The molecule has 0 aromatic heterocycles. The predicted molar refractivity (Wildman–Crippen MR) is 152 cm³/mol. The molecule has 2 rings (SSSR count). The molecule has 2 aliphatic heterocycles. The summed E-state index contributed by atoms with van der Waals surface area (Å²) in [5.74, 6) is -4.76. The maximum absolute atomic E-state index is 13.6. The Labute approximate surface area is 249 Å². The molecule has 2 aliphatic rings. The van der Waals surface area contributed by atoms with E-state index in [2.05, 4.69) is 0 Å². The lowest BCUT2D eigenvalue weighted by Crippen LogP contribution is -2.60. The molecule has 2 fully saturated rings. The number of aliphatic hydroxyl groups is 4. The number of carbonyl (C=O) groups is 3. The van der Waals surface area contributed by atoms with Gasteiger partial charge in [-0.2, -0.15) is 0 Å². The average Bonchev–Trinajstić information content (AvgIpc) is 2.96. The average molecular weight is 604 g/mol. The fraction of sp³-hybridized carbons (Fsp3) is 0.900.